The van der Waals surface area contributed by atoms with E-state index in [9.17, 15) is 4.91 Å². The van der Waals surface area contributed by atoms with Gasteiger partial charge in [0.15, 0.2) is 5.34 Å². The average molecular weight is 141 g/mol. The van der Waals surface area contributed by atoms with Gasteiger partial charge in [-0.15, -0.1) is 4.91 Å². The standard InChI is InChI=1S/C7H11NO2/c9-8-10-6-5-7-3-1-2-4-7/h5-7H,1-4H2/b6-5+. The number of allylic oxidation sites excluding steroid dienone is 1. The minimum atomic E-state index is 0.613. The SMILES string of the molecule is O=NO/C=C/C1CCCC1. The van der Waals surface area contributed by atoms with E-state index < -0.39 is 0 Å². The molecule has 1 aliphatic rings. The number of hydrogen-bond donors (Lipinski definition) is 0. The van der Waals surface area contributed by atoms with Crippen LogP contribution in [0.2, 0.25) is 0 Å². The lowest BCUT2D eigenvalue weighted by Crippen LogP contribution is -1.84. The second kappa shape index (κ2) is 4.04. The lowest BCUT2D eigenvalue weighted by Gasteiger charge is -1.96. The molecule has 0 aliphatic heterocycles. The molecule has 0 radical (unpaired) electrons. The Morgan fingerprint density at radius 3 is 2.70 bits per heavy atom. The third kappa shape index (κ3) is 2.17. The molecule has 0 spiro atoms. The summed E-state index contributed by atoms with van der Waals surface area (Å²) in [6.07, 6.45) is 8.32. The van der Waals surface area contributed by atoms with Crippen molar-refractivity contribution in [3.05, 3.63) is 17.2 Å². The van der Waals surface area contributed by atoms with Gasteiger partial charge in [0.2, 0.25) is 0 Å². The quantitative estimate of drug-likeness (QED) is 0.344. The van der Waals surface area contributed by atoms with Crippen LogP contribution in [0.4, 0.5) is 0 Å². The van der Waals surface area contributed by atoms with Gasteiger partial charge in [-0.05, 0) is 24.8 Å². The summed E-state index contributed by atoms with van der Waals surface area (Å²) in [5.74, 6) is 0.613. The van der Waals surface area contributed by atoms with Gasteiger partial charge in [-0.3, -0.25) is 0 Å². The number of rotatable bonds is 3. The van der Waals surface area contributed by atoms with E-state index in [-0.39, 0.29) is 0 Å². The highest BCUT2D eigenvalue weighted by Gasteiger charge is 2.10. The molecule has 0 atom stereocenters. The Morgan fingerprint density at radius 2 is 2.10 bits per heavy atom. The van der Waals surface area contributed by atoms with Gasteiger partial charge in [-0.2, -0.15) is 0 Å². The van der Waals surface area contributed by atoms with Crippen molar-refractivity contribution in [1.82, 2.24) is 0 Å². The van der Waals surface area contributed by atoms with Crippen molar-refractivity contribution in [3.8, 4) is 0 Å². The molecule has 1 rings (SSSR count). The molecule has 10 heavy (non-hydrogen) atoms. The molecule has 0 aromatic heterocycles. The summed E-state index contributed by atoms with van der Waals surface area (Å²) in [5, 5.41) is 2.26. The van der Waals surface area contributed by atoms with Crippen LogP contribution in [0.15, 0.2) is 17.7 Å². The summed E-state index contributed by atoms with van der Waals surface area (Å²) in [6.45, 7) is 0. The first-order valence-corrected chi connectivity index (χ1v) is 3.58. The van der Waals surface area contributed by atoms with E-state index in [0.29, 0.717) is 5.92 Å². The maximum Gasteiger partial charge on any atom is 0.160 e. The van der Waals surface area contributed by atoms with Gasteiger partial charge in [0.25, 0.3) is 0 Å². The van der Waals surface area contributed by atoms with Gasteiger partial charge in [-0.1, -0.05) is 12.8 Å². The number of nitrogens with zero attached hydrogens (tertiary/aromatic N) is 1. The Morgan fingerprint density at radius 1 is 1.40 bits per heavy atom. The van der Waals surface area contributed by atoms with Crippen molar-refractivity contribution in [1.29, 1.82) is 0 Å². The van der Waals surface area contributed by atoms with E-state index in [1.165, 1.54) is 31.9 Å². The van der Waals surface area contributed by atoms with Gasteiger partial charge < -0.3 is 4.84 Å². The third-order valence-electron chi connectivity index (χ3n) is 1.85. The minimum Gasteiger partial charge on any atom is -0.332 e. The molecule has 0 aromatic rings. The van der Waals surface area contributed by atoms with Crippen molar-refractivity contribution in [2.45, 2.75) is 25.7 Å². The summed E-state index contributed by atoms with van der Waals surface area (Å²) in [5.41, 5.74) is 0. The Labute approximate surface area is 60.0 Å². The topological polar surface area (TPSA) is 38.7 Å². The van der Waals surface area contributed by atoms with E-state index in [1.807, 2.05) is 6.08 Å². The highest BCUT2D eigenvalue weighted by atomic mass is 16.7. The molecular weight excluding hydrogens is 130 g/mol. The second-order valence-corrected chi connectivity index (χ2v) is 2.55. The summed E-state index contributed by atoms with van der Waals surface area (Å²) >= 11 is 0. The smallest absolute Gasteiger partial charge is 0.160 e. The summed E-state index contributed by atoms with van der Waals surface area (Å²) < 4.78 is 0. The summed E-state index contributed by atoms with van der Waals surface area (Å²) in [7, 11) is 0. The molecule has 0 unspecified atom stereocenters. The zero-order valence-corrected chi connectivity index (χ0v) is 5.82. The van der Waals surface area contributed by atoms with Gasteiger partial charge in [0.1, 0.15) is 6.26 Å². The first kappa shape index (κ1) is 7.25. The van der Waals surface area contributed by atoms with E-state index in [2.05, 4.69) is 10.2 Å². The molecule has 0 N–H and O–H groups in total. The van der Waals surface area contributed by atoms with Gasteiger partial charge >= 0.3 is 0 Å². The van der Waals surface area contributed by atoms with E-state index >= 15 is 0 Å². The predicted octanol–water partition coefficient (Wildman–Crippen LogP) is 2.39. The lowest BCUT2D eigenvalue weighted by molar-refractivity contribution is 0.259. The molecule has 56 valence electrons. The normalized spacial score (nSPS) is 20.0. The highest BCUT2D eigenvalue weighted by Crippen LogP contribution is 2.25. The molecule has 0 heterocycles. The first-order valence-electron chi connectivity index (χ1n) is 3.58. The van der Waals surface area contributed by atoms with Crippen LogP contribution in [0, 0.1) is 10.8 Å². The van der Waals surface area contributed by atoms with E-state index in [0.717, 1.165) is 0 Å². The maximum absolute atomic E-state index is 9.46. The fourth-order valence-corrected chi connectivity index (χ4v) is 1.32. The van der Waals surface area contributed by atoms with Gasteiger partial charge in [0.05, 0.1) is 0 Å². The van der Waals surface area contributed by atoms with E-state index in [1.54, 1.807) is 0 Å². The zero-order valence-electron chi connectivity index (χ0n) is 5.82. The molecule has 0 aromatic carbocycles. The Bertz CT molecular complexity index is 128. The maximum atomic E-state index is 9.46. The van der Waals surface area contributed by atoms with Gasteiger partial charge in [-0.25, -0.2) is 0 Å². The summed E-state index contributed by atoms with van der Waals surface area (Å²) in [6, 6.07) is 0. The lowest BCUT2D eigenvalue weighted by atomic mass is 10.1. The second-order valence-electron chi connectivity index (χ2n) is 2.55. The van der Waals surface area contributed by atoms with Crippen molar-refractivity contribution in [2.24, 2.45) is 11.3 Å². The van der Waals surface area contributed by atoms with Crippen LogP contribution in [0.5, 0.6) is 0 Å². The Balaban J connectivity index is 2.16. The Hall–Kier alpha value is -0.860. The molecule has 0 saturated heterocycles. The van der Waals surface area contributed by atoms with Crippen LogP contribution in [-0.2, 0) is 4.84 Å². The van der Waals surface area contributed by atoms with Crippen LogP contribution in [0.1, 0.15) is 25.7 Å². The third-order valence-corrected chi connectivity index (χ3v) is 1.85. The number of hydrogen-bond acceptors (Lipinski definition) is 3. The predicted molar refractivity (Wildman–Crippen MR) is 38.0 cm³/mol. The fourth-order valence-electron chi connectivity index (χ4n) is 1.32. The van der Waals surface area contributed by atoms with Crippen molar-refractivity contribution in [2.75, 3.05) is 0 Å². The van der Waals surface area contributed by atoms with Crippen LogP contribution < -0.4 is 0 Å². The zero-order chi connectivity index (χ0) is 7.23. The van der Waals surface area contributed by atoms with Crippen LogP contribution in [-0.4, -0.2) is 0 Å². The van der Waals surface area contributed by atoms with Crippen LogP contribution in [0.3, 0.4) is 0 Å². The van der Waals surface area contributed by atoms with Crippen molar-refractivity contribution >= 4 is 0 Å². The largest absolute Gasteiger partial charge is 0.332 e. The highest BCUT2D eigenvalue weighted by molar-refractivity contribution is 4.85. The molecule has 1 aliphatic carbocycles. The Kier molecular flexibility index (Phi) is 2.93. The minimum absolute atomic E-state index is 0.613. The van der Waals surface area contributed by atoms with Crippen LogP contribution >= 0.6 is 0 Å². The van der Waals surface area contributed by atoms with Crippen LogP contribution in [0.25, 0.3) is 0 Å². The average Bonchev–Trinajstić information content (AvgIpc) is 2.41. The molecule has 1 fully saturated rings. The molecule has 0 bridgehead atoms. The molecule has 3 heteroatoms. The molecule has 3 nitrogen and oxygen atoms in total. The van der Waals surface area contributed by atoms with Gasteiger partial charge in [0, 0.05) is 0 Å². The summed E-state index contributed by atoms with van der Waals surface area (Å²) in [4.78, 5) is 13.6. The molecule has 0 amide bonds. The van der Waals surface area contributed by atoms with Crippen molar-refractivity contribution < 1.29 is 4.84 Å². The fraction of sp³-hybridized carbons (Fsp3) is 0.714. The first-order chi connectivity index (χ1) is 4.93. The molecule has 1 saturated carbocycles. The molecular formula is C7H11NO2. The van der Waals surface area contributed by atoms with E-state index in [4.69, 9.17) is 0 Å². The monoisotopic (exact) mass is 141 g/mol. The van der Waals surface area contributed by atoms with Crippen molar-refractivity contribution in [3.63, 3.8) is 0 Å².